The van der Waals surface area contributed by atoms with Crippen molar-refractivity contribution >= 4 is 11.0 Å². The first-order chi connectivity index (χ1) is 10.1. The van der Waals surface area contributed by atoms with Crippen molar-refractivity contribution in [1.29, 1.82) is 0 Å². The van der Waals surface area contributed by atoms with Gasteiger partial charge in [0.1, 0.15) is 6.33 Å². The van der Waals surface area contributed by atoms with E-state index >= 15 is 0 Å². The Bertz CT molecular complexity index is 771. The molecule has 4 nitrogen and oxygen atoms in total. The summed E-state index contributed by atoms with van der Waals surface area (Å²) in [5.74, 6) is 0. The van der Waals surface area contributed by atoms with Crippen molar-refractivity contribution in [1.82, 2.24) is 19.9 Å². The Kier molecular flexibility index (Phi) is 3.47. The number of hydrogen-bond donors (Lipinski definition) is 1. The highest BCUT2D eigenvalue weighted by Crippen LogP contribution is 2.22. The van der Waals surface area contributed by atoms with Crippen LogP contribution in [-0.4, -0.2) is 21.6 Å². The zero-order chi connectivity index (χ0) is 15.0. The van der Waals surface area contributed by atoms with Gasteiger partial charge in [0.05, 0.1) is 28.6 Å². The lowest BCUT2D eigenvalue weighted by atomic mass is 10.1. The number of benzene rings is 1. The van der Waals surface area contributed by atoms with E-state index in [1.54, 1.807) is 0 Å². The minimum Gasteiger partial charge on any atom is -0.312 e. The minimum atomic E-state index is 0.253. The molecule has 0 fully saturated rings. The molecule has 0 saturated heterocycles. The summed E-state index contributed by atoms with van der Waals surface area (Å²) in [6.45, 7) is 6.34. The molecule has 3 rings (SSSR count). The van der Waals surface area contributed by atoms with E-state index in [0.29, 0.717) is 0 Å². The molecule has 1 aromatic carbocycles. The molecule has 1 atom stereocenters. The van der Waals surface area contributed by atoms with Gasteiger partial charge in [0.2, 0.25) is 0 Å². The van der Waals surface area contributed by atoms with E-state index in [0.717, 1.165) is 22.4 Å². The van der Waals surface area contributed by atoms with Crippen molar-refractivity contribution < 1.29 is 0 Å². The first-order valence-corrected chi connectivity index (χ1v) is 7.18. The Morgan fingerprint density at radius 1 is 1.10 bits per heavy atom. The smallest absolute Gasteiger partial charge is 0.100 e. The molecule has 0 bridgehead atoms. The molecule has 3 aromatic rings. The van der Waals surface area contributed by atoms with Crippen LogP contribution in [0.5, 0.6) is 0 Å². The predicted octanol–water partition coefficient (Wildman–Crippen LogP) is 3.32. The number of aryl methyl sites for hydroxylation is 2. The van der Waals surface area contributed by atoms with E-state index in [2.05, 4.69) is 64.9 Å². The summed E-state index contributed by atoms with van der Waals surface area (Å²) in [6, 6.07) is 8.72. The van der Waals surface area contributed by atoms with Gasteiger partial charge >= 0.3 is 0 Å². The molecule has 0 amide bonds. The molecule has 108 valence electrons. The topological polar surface area (TPSA) is 42.7 Å². The van der Waals surface area contributed by atoms with Crippen molar-refractivity contribution in [3.05, 3.63) is 53.6 Å². The molecule has 1 N–H and O–H groups in total. The standard InChI is InChI=1S/C17H20N4/c1-11-7-16-17(8-12(11)2)21(10-20-16)14-5-6-15(19-9-14)13(3)18-4/h5-10,13,18H,1-4H3. The van der Waals surface area contributed by atoms with Crippen molar-refractivity contribution in [3.63, 3.8) is 0 Å². The Hall–Kier alpha value is -2.20. The normalized spacial score (nSPS) is 12.8. The fourth-order valence-electron chi connectivity index (χ4n) is 2.41. The molecule has 1 unspecified atom stereocenters. The van der Waals surface area contributed by atoms with E-state index in [9.17, 15) is 0 Å². The average Bonchev–Trinajstić information content (AvgIpc) is 2.90. The van der Waals surface area contributed by atoms with Crippen molar-refractivity contribution in [2.24, 2.45) is 0 Å². The van der Waals surface area contributed by atoms with E-state index in [1.165, 1.54) is 11.1 Å². The monoisotopic (exact) mass is 280 g/mol. The Morgan fingerprint density at radius 3 is 2.52 bits per heavy atom. The highest BCUT2D eigenvalue weighted by atomic mass is 15.1. The van der Waals surface area contributed by atoms with Crippen LogP contribution in [-0.2, 0) is 0 Å². The van der Waals surface area contributed by atoms with Crippen molar-refractivity contribution in [3.8, 4) is 5.69 Å². The second-order valence-electron chi connectivity index (χ2n) is 5.49. The molecule has 4 heteroatoms. The second kappa shape index (κ2) is 5.30. The molecule has 0 spiro atoms. The Labute approximate surface area is 124 Å². The maximum Gasteiger partial charge on any atom is 0.100 e. The van der Waals surface area contributed by atoms with Crippen LogP contribution >= 0.6 is 0 Å². The van der Waals surface area contributed by atoms with Crippen LogP contribution in [0.25, 0.3) is 16.7 Å². The third-order valence-electron chi connectivity index (χ3n) is 4.09. The van der Waals surface area contributed by atoms with Gasteiger partial charge in [-0.25, -0.2) is 4.98 Å². The molecule has 0 radical (unpaired) electrons. The molecule has 0 saturated carbocycles. The van der Waals surface area contributed by atoms with Crippen LogP contribution in [0.3, 0.4) is 0 Å². The maximum atomic E-state index is 4.54. The van der Waals surface area contributed by atoms with Gasteiger partial charge in [-0.1, -0.05) is 0 Å². The van der Waals surface area contributed by atoms with Gasteiger partial charge in [0.15, 0.2) is 0 Å². The van der Waals surface area contributed by atoms with Crippen LogP contribution in [0.2, 0.25) is 0 Å². The fraction of sp³-hybridized carbons (Fsp3) is 0.294. The fourth-order valence-corrected chi connectivity index (χ4v) is 2.41. The zero-order valence-corrected chi connectivity index (χ0v) is 12.9. The molecule has 0 aliphatic rings. The highest BCUT2D eigenvalue weighted by Gasteiger charge is 2.08. The summed E-state index contributed by atoms with van der Waals surface area (Å²) in [5, 5.41) is 3.20. The van der Waals surface area contributed by atoms with Gasteiger partial charge in [-0.3, -0.25) is 9.55 Å². The molecule has 2 aromatic heterocycles. The largest absolute Gasteiger partial charge is 0.312 e. The molecule has 0 aliphatic heterocycles. The Balaban J connectivity index is 2.06. The van der Waals surface area contributed by atoms with Gasteiger partial charge in [-0.2, -0.15) is 0 Å². The SMILES string of the molecule is CNC(C)c1ccc(-n2cnc3cc(C)c(C)cc32)cn1. The predicted molar refractivity (Wildman–Crippen MR) is 85.8 cm³/mol. The third-order valence-corrected chi connectivity index (χ3v) is 4.09. The number of nitrogens with one attached hydrogen (secondary N) is 1. The van der Waals surface area contributed by atoms with Crippen LogP contribution < -0.4 is 5.32 Å². The number of rotatable bonds is 3. The first kappa shape index (κ1) is 13.8. The second-order valence-corrected chi connectivity index (χ2v) is 5.49. The van der Waals surface area contributed by atoms with Crippen LogP contribution in [0, 0.1) is 13.8 Å². The summed E-state index contributed by atoms with van der Waals surface area (Å²) in [4.78, 5) is 9.03. The van der Waals surface area contributed by atoms with Gasteiger partial charge in [0.25, 0.3) is 0 Å². The van der Waals surface area contributed by atoms with Crippen LogP contribution in [0.1, 0.15) is 29.8 Å². The molecular weight excluding hydrogens is 260 g/mol. The number of aromatic nitrogens is 3. The number of pyridine rings is 1. The molecule has 21 heavy (non-hydrogen) atoms. The summed E-state index contributed by atoms with van der Waals surface area (Å²) >= 11 is 0. The van der Waals surface area contributed by atoms with Crippen molar-refractivity contribution in [2.45, 2.75) is 26.8 Å². The molecular formula is C17H20N4. The number of fused-ring (bicyclic) bond motifs is 1. The van der Waals surface area contributed by atoms with Gasteiger partial charge in [-0.15, -0.1) is 0 Å². The van der Waals surface area contributed by atoms with E-state index in [-0.39, 0.29) is 6.04 Å². The van der Waals surface area contributed by atoms with Crippen molar-refractivity contribution in [2.75, 3.05) is 7.05 Å². The number of nitrogens with zero attached hydrogens (tertiary/aromatic N) is 3. The van der Waals surface area contributed by atoms with E-state index in [4.69, 9.17) is 0 Å². The number of hydrogen-bond acceptors (Lipinski definition) is 3. The summed E-state index contributed by atoms with van der Waals surface area (Å²) in [7, 11) is 1.94. The quantitative estimate of drug-likeness (QED) is 0.800. The average molecular weight is 280 g/mol. The maximum absolute atomic E-state index is 4.54. The summed E-state index contributed by atoms with van der Waals surface area (Å²) in [6.07, 6.45) is 3.77. The summed E-state index contributed by atoms with van der Waals surface area (Å²) < 4.78 is 2.09. The third kappa shape index (κ3) is 2.43. The van der Waals surface area contributed by atoms with Gasteiger partial charge in [0, 0.05) is 6.04 Å². The van der Waals surface area contributed by atoms with E-state index < -0.39 is 0 Å². The highest BCUT2D eigenvalue weighted by molar-refractivity contribution is 5.79. The Morgan fingerprint density at radius 2 is 1.86 bits per heavy atom. The van der Waals surface area contributed by atoms with E-state index in [1.807, 2.05) is 19.6 Å². The minimum absolute atomic E-state index is 0.253. The van der Waals surface area contributed by atoms with Gasteiger partial charge in [-0.05, 0) is 63.2 Å². The number of imidazole rings is 1. The lowest BCUT2D eigenvalue weighted by Gasteiger charge is -2.11. The van der Waals surface area contributed by atoms with Crippen LogP contribution in [0.15, 0.2) is 36.8 Å². The lowest BCUT2D eigenvalue weighted by Crippen LogP contribution is -2.13. The first-order valence-electron chi connectivity index (χ1n) is 7.18. The lowest BCUT2D eigenvalue weighted by molar-refractivity contribution is 0.632. The molecule has 0 aliphatic carbocycles. The zero-order valence-electron chi connectivity index (χ0n) is 12.9. The molecule has 2 heterocycles. The van der Waals surface area contributed by atoms with Gasteiger partial charge < -0.3 is 5.32 Å². The van der Waals surface area contributed by atoms with Crippen LogP contribution in [0.4, 0.5) is 0 Å². The summed E-state index contributed by atoms with van der Waals surface area (Å²) in [5.41, 5.74) is 6.76.